The Balaban J connectivity index is 1.42. The molecule has 0 bridgehead atoms. The minimum Gasteiger partial charge on any atom is -0.358 e. The molecule has 7 nitrogen and oxygen atoms in total. The highest BCUT2D eigenvalue weighted by atomic mass is 16.2. The molecule has 3 aliphatic heterocycles. The largest absolute Gasteiger partial charge is 0.358 e. The van der Waals surface area contributed by atoms with Gasteiger partial charge < -0.3 is 15.1 Å². The molecule has 1 aromatic carbocycles. The maximum atomic E-state index is 13.5. The van der Waals surface area contributed by atoms with E-state index in [0.29, 0.717) is 11.3 Å². The quantitative estimate of drug-likeness (QED) is 0.759. The number of likely N-dealkylation sites (tertiary alicyclic amines) is 1. The van der Waals surface area contributed by atoms with Crippen molar-refractivity contribution in [3.63, 3.8) is 0 Å². The number of hydrogen-bond donors (Lipinski definition) is 1. The van der Waals surface area contributed by atoms with Crippen molar-refractivity contribution in [3.05, 3.63) is 23.8 Å². The number of amides is 3. The van der Waals surface area contributed by atoms with Crippen molar-refractivity contribution in [2.75, 3.05) is 36.0 Å². The van der Waals surface area contributed by atoms with E-state index in [1.807, 2.05) is 23.1 Å². The van der Waals surface area contributed by atoms with Crippen LogP contribution in [0.15, 0.2) is 18.2 Å². The fraction of sp³-hybridized carbons (Fsp3) is 0.654. The second-order valence-electron chi connectivity index (χ2n) is 10.1. The molecule has 1 aromatic rings. The Morgan fingerprint density at radius 2 is 1.55 bits per heavy atom. The first-order valence-electron chi connectivity index (χ1n) is 12.9. The SMILES string of the molecule is O=C(CN1C(=O)[C@H]2CCCCN2c2ccc(C(=O)N3CCCCC3)cc21)NC1CCCCC1. The van der Waals surface area contributed by atoms with Gasteiger partial charge in [0.2, 0.25) is 11.8 Å². The Hall–Kier alpha value is -2.57. The molecule has 3 amide bonds. The van der Waals surface area contributed by atoms with Crippen molar-refractivity contribution in [1.29, 1.82) is 0 Å². The zero-order valence-corrected chi connectivity index (χ0v) is 19.6. The minimum atomic E-state index is -0.211. The lowest BCUT2D eigenvalue weighted by molar-refractivity contribution is -0.125. The number of benzene rings is 1. The molecule has 1 atom stereocenters. The number of fused-ring (bicyclic) bond motifs is 3. The average Bonchev–Trinajstić information content (AvgIpc) is 2.87. The van der Waals surface area contributed by atoms with Crippen molar-refractivity contribution in [2.24, 2.45) is 0 Å². The topological polar surface area (TPSA) is 73.0 Å². The van der Waals surface area contributed by atoms with Crippen molar-refractivity contribution >= 4 is 29.1 Å². The van der Waals surface area contributed by atoms with Crippen LogP contribution in [0, 0.1) is 0 Å². The van der Waals surface area contributed by atoms with E-state index in [-0.39, 0.29) is 36.3 Å². The van der Waals surface area contributed by atoms with Gasteiger partial charge in [-0.1, -0.05) is 19.3 Å². The Morgan fingerprint density at radius 1 is 0.848 bits per heavy atom. The number of nitrogens with zero attached hydrogens (tertiary/aromatic N) is 3. The van der Waals surface area contributed by atoms with Gasteiger partial charge in [0.1, 0.15) is 12.6 Å². The number of carbonyl (C=O) groups is 3. The summed E-state index contributed by atoms with van der Waals surface area (Å²) in [5.41, 5.74) is 2.29. The van der Waals surface area contributed by atoms with Gasteiger partial charge in [-0.15, -0.1) is 0 Å². The molecule has 4 aliphatic rings. The molecule has 1 N–H and O–H groups in total. The van der Waals surface area contributed by atoms with E-state index in [0.717, 1.165) is 83.1 Å². The minimum absolute atomic E-state index is 0.0106. The van der Waals surface area contributed by atoms with Gasteiger partial charge in [0.25, 0.3) is 5.91 Å². The van der Waals surface area contributed by atoms with Crippen LogP contribution >= 0.6 is 0 Å². The number of hydrogen-bond acceptors (Lipinski definition) is 4. The van der Waals surface area contributed by atoms with Crippen molar-refractivity contribution in [2.45, 2.75) is 82.7 Å². The highest BCUT2D eigenvalue weighted by molar-refractivity contribution is 6.09. The smallest absolute Gasteiger partial charge is 0.253 e. The Labute approximate surface area is 196 Å². The number of nitrogens with one attached hydrogen (secondary N) is 1. The molecule has 1 saturated carbocycles. The summed E-state index contributed by atoms with van der Waals surface area (Å²) in [6, 6.07) is 5.74. The van der Waals surface area contributed by atoms with Crippen molar-refractivity contribution in [3.8, 4) is 0 Å². The van der Waals surface area contributed by atoms with Gasteiger partial charge in [-0.25, -0.2) is 0 Å². The summed E-state index contributed by atoms with van der Waals surface area (Å²) in [6.45, 7) is 2.44. The van der Waals surface area contributed by atoms with E-state index < -0.39 is 0 Å². The van der Waals surface area contributed by atoms with E-state index >= 15 is 0 Å². The Bertz CT molecular complexity index is 905. The summed E-state index contributed by atoms with van der Waals surface area (Å²) in [4.78, 5) is 45.4. The van der Waals surface area contributed by atoms with Crippen molar-refractivity contribution < 1.29 is 14.4 Å². The van der Waals surface area contributed by atoms with E-state index in [1.165, 1.54) is 12.8 Å². The lowest BCUT2D eigenvalue weighted by Crippen LogP contribution is -2.57. The number of piperidine rings is 2. The fourth-order valence-electron chi connectivity index (χ4n) is 6.00. The van der Waals surface area contributed by atoms with Gasteiger partial charge in [0, 0.05) is 31.2 Å². The third-order valence-corrected chi connectivity index (χ3v) is 7.79. The summed E-state index contributed by atoms with van der Waals surface area (Å²) in [7, 11) is 0. The summed E-state index contributed by atoms with van der Waals surface area (Å²) in [5, 5.41) is 3.16. The highest BCUT2D eigenvalue weighted by Gasteiger charge is 2.40. The van der Waals surface area contributed by atoms with Gasteiger partial charge in [0.15, 0.2) is 0 Å². The van der Waals surface area contributed by atoms with Crippen molar-refractivity contribution in [1.82, 2.24) is 10.2 Å². The van der Waals surface area contributed by atoms with E-state index in [1.54, 1.807) is 4.90 Å². The van der Waals surface area contributed by atoms with Crippen LogP contribution < -0.4 is 15.1 Å². The molecule has 0 unspecified atom stereocenters. The first-order chi connectivity index (χ1) is 16.1. The van der Waals surface area contributed by atoms with Crippen LogP contribution in [-0.4, -0.2) is 60.9 Å². The second-order valence-corrected chi connectivity index (χ2v) is 10.1. The van der Waals surface area contributed by atoms with Gasteiger partial charge >= 0.3 is 0 Å². The normalized spacial score (nSPS) is 23.7. The lowest BCUT2D eigenvalue weighted by Gasteiger charge is -2.45. The zero-order chi connectivity index (χ0) is 22.8. The van der Waals surface area contributed by atoms with E-state index in [2.05, 4.69) is 10.2 Å². The van der Waals surface area contributed by atoms with Crippen LogP contribution in [0.2, 0.25) is 0 Å². The van der Waals surface area contributed by atoms with Gasteiger partial charge in [-0.2, -0.15) is 0 Å². The number of rotatable bonds is 4. The lowest BCUT2D eigenvalue weighted by atomic mass is 9.94. The summed E-state index contributed by atoms with van der Waals surface area (Å²) in [6.07, 6.45) is 11.7. The molecule has 33 heavy (non-hydrogen) atoms. The molecule has 2 saturated heterocycles. The maximum absolute atomic E-state index is 13.5. The van der Waals surface area contributed by atoms with Crippen LogP contribution in [-0.2, 0) is 9.59 Å². The first-order valence-corrected chi connectivity index (χ1v) is 12.9. The molecular weight excluding hydrogens is 416 g/mol. The third-order valence-electron chi connectivity index (χ3n) is 7.79. The first kappa shape index (κ1) is 22.2. The molecule has 1 aliphatic carbocycles. The van der Waals surface area contributed by atoms with E-state index in [9.17, 15) is 14.4 Å². The van der Waals surface area contributed by atoms with E-state index in [4.69, 9.17) is 0 Å². The molecule has 0 spiro atoms. The van der Waals surface area contributed by atoms with Crippen LogP contribution in [0.5, 0.6) is 0 Å². The third kappa shape index (κ3) is 4.59. The summed E-state index contributed by atoms with van der Waals surface area (Å²) in [5.74, 6) is -0.0842. The Morgan fingerprint density at radius 3 is 2.33 bits per heavy atom. The second kappa shape index (κ2) is 9.74. The number of carbonyl (C=O) groups excluding carboxylic acids is 3. The summed E-state index contributed by atoms with van der Waals surface area (Å²) < 4.78 is 0. The maximum Gasteiger partial charge on any atom is 0.253 e. The predicted octanol–water partition coefficient (Wildman–Crippen LogP) is 3.47. The highest BCUT2D eigenvalue weighted by Crippen LogP contribution is 2.40. The fourth-order valence-corrected chi connectivity index (χ4v) is 6.00. The molecule has 0 radical (unpaired) electrons. The van der Waals surface area contributed by atoms with Crippen LogP contribution in [0.1, 0.15) is 81.0 Å². The van der Waals surface area contributed by atoms with Gasteiger partial charge in [-0.05, 0) is 69.6 Å². The van der Waals surface area contributed by atoms with Crippen LogP contribution in [0.4, 0.5) is 11.4 Å². The molecule has 0 aromatic heterocycles. The van der Waals surface area contributed by atoms with Gasteiger partial charge in [-0.3, -0.25) is 19.3 Å². The molecule has 3 heterocycles. The Kier molecular flexibility index (Phi) is 6.56. The van der Waals surface area contributed by atoms with Crippen LogP contribution in [0.25, 0.3) is 0 Å². The molecule has 178 valence electrons. The average molecular weight is 453 g/mol. The van der Waals surface area contributed by atoms with Gasteiger partial charge in [0.05, 0.1) is 11.4 Å². The molecule has 3 fully saturated rings. The zero-order valence-electron chi connectivity index (χ0n) is 19.6. The molecule has 5 rings (SSSR count). The number of anilines is 2. The predicted molar refractivity (Wildman–Crippen MR) is 129 cm³/mol. The molecule has 7 heteroatoms. The summed E-state index contributed by atoms with van der Waals surface area (Å²) >= 11 is 0. The standard InChI is InChI=1S/C26H36N4O3/c31-24(27-20-9-3-1-4-10-20)18-30-23-17-19(25(32)28-14-6-2-7-15-28)12-13-21(23)29-16-8-5-11-22(29)26(30)33/h12-13,17,20,22H,1-11,14-16,18H2,(H,27,31)/t22-/m1/s1. The molecular formula is C26H36N4O3. The monoisotopic (exact) mass is 452 g/mol. The van der Waals surface area contributed by atoms with Crippen LogP contribution in [0.3, 0.4) is 0 Å².